The third kappa shape index (κ3) is 10.3. The van der Waals surface area contributed by atoms with E-state index in [4.69, 9.17) is 18.0 Å². The molecule has 92 valence electrons. The molecule has 0 aromatic rings. The van der Waals surface area contributed by atoms with E-state index in [0.717, 1.165) is 6.61 Å². The fraction of sp³-hybridized carbons (Fsp3) is 1.00. The second-order valence-electron chi connectivity index (χ2n) is 3.02. The van der Waals surface area contributed by atoms with E-state index in [9.17, 15) is 0 Å². The molecule has 1 aliphatic heterocycles. The molecule has 0 bridgehead atoms. The largest absolute Gasteiger partial charge is 0.484 e. The lowest BCUT2D eigenvalue weighted by Gasteiger charge is -2.12. The third-order valence-corrected chi connectivity index (χ3v) is 3.58. The Morgan fingerprint density at radius 3 is 1.53 bits per heavy atom. The Bertz CT molecular complexity index is 116. The Morgan fingerprint density at radius 1 is 1.00 bits per heavy atom. The van der Waals surface area contributed by atoms with Gasteiger partial charge in [0.05, 0.1) is 12.7 Å². The molecule has 0 radical (unpaired) electrons. The first kappa shape index (κ1) is 15.1. The molecule has 0 N–H and O–H groups in total. The van der Waals surface area contributed by atoms with E-state index in [1.807, 2.05) is 20.8 Å². The lowest BCUT2D eigenvalue weighted by Crippen LogP contribution is -2.27. The molecule has 0 amide bonds. The first-order valence-electron chi connectivity index (χ1n) is 5.74. The molecule has 1 saturated heterocycles. The highest BCUT2D eigenvalue weighted by molar-refractivity contribution is 6.36. The Hall–Kier alpha value is 0.0569. The van der Waals surface area contributed by atoms with Gasteiger partial charge in [-0.3, -0.25) is 0 Å². The Balaban J connectivity index is 0.000000322. The van der Waals surface area contributed by atoms with Gasteiger partial charge in [-0.25, -0.2) is 0 Å². The van der Waals surface area contributed by atoms with E-state index < -0.39 is 9.53 Å². The highest BCUT2D eigenvalue weighted by atomic mass is 28.3. The molecule has 0 aliphatic carbocycles. The second kappa shape index (κ2) is 10.6. The molecular weight excluding hydrogens is 212 g/mol. The van der Waals surface area contributed by atoms with Crippen molar-refractivity contribution in [2.45, 2.75) is 40.2 Å². The Labute approximate surface area is 94.8 Å². The number of hydrogen-bond donors (Lipinski definition) is 0. The fourth-order valence-corrected chi connectivity index (χ4v) is 1.96. The molecule has 0 spiro atoms. The maximum Gasteiger partial charge on any atom is 0.484 e. The van der Waals surface area contributed by atoms with E-state index in [0.29, 0.717) is 25.9 Å². The van der Waals surface area contributed by atoms with E-state index >= 15 is 0 Å². The second-order valence-corrected chi connectivity index (χ2v) is 4.60. The number of epoxide rings is 1. The molecule has 1 heterocycles. The molecule has 0 saturated carbocycles. The minimum absolute atomic E-state index is 0.634. The lowest BCUT2D eigenvalue weighted by atomic mass is 10.4. The van der Waals surface area contributed by atoms with Gasteiger partial charge in [-0.1, -0.05) is 6.92 Å². The molecule has 1 atom stereocenters. The summed E-state index contributed by atoms with van der Waals surface area (Å²) in [5.41, 5.74) is 0. The summed E-state index contributed by atoms with van der Waals surface area (Å²) in [5, 5.41) is 0. The summed E-state index contributed by atoms with van der Waals surface area (Å²) in [5.74, 6) is 0. The predicted molar refractivity (Wildman–Crippen MR) is 62.1 cm³/mol. The minimum Gasteiger partial charge on any atom is -0.376 e. The average molecular weight is 236 g/mol. The zero-order valence-electron chi connectivity index (χ0n) is 10.3. The lowest BCUT2D eigenvalue weighted by molar-refractivity contribution is 0.107. The van der Waals surface area contributed by atoms with Crippen LogP contribution in [0.2, 0.25) is 0 Å². The van der Waals surface area contributed by atoms with Gasteiger partial charge < -0.3 is 18.0 Å². The van der Waals surface area contributed by atoms with Gasteiger partial charge in [0.25, 0.3) is 0 Å². The maximum atomic E-state index is 5.22. The summed E-state index contributed by atoms with van der Waals surface area (Å²) in [6.07, 6.45) is 1.83. The van der Waals surface area contributed by atoms with Gasteiger partial charge in [-0.15, -0.1) is 0 Å². The first-order chi connectivity index (χ1) is 7.28. The monoisotopic (exact) mass is 236 g/mol. The summed E-state index contributed by atoms with van der Waals surface area (Å²) in [4.78, 5) is 0. The molecule has 1 fully saturated rings. The van der Waals surface area contributed by atoms with Crippen LogP contribution in [0.1, 0.15) is 34.1 Å². The van der Waals surface area contributed by atoms with Gasteiger partial charge in [0.15, 0.2) is 0 Å². The van der Waals surface area contributed by atoms with Crippen molar-refractivity contribution >= 4 is 9.53 Å². The van der Waals surface area contributed by atoms with Gasteiger partial charge in [-0.05, 0) is 27.2 Å². The van der Waals surface area contributed by atoms with Crippen LogP contribution in [0.3, 0.4) is 0 Å². The van der Waals surface area contributed by atoms with Crippen molar-refractivity contribution in [1.29, 1.82) is 0 Å². The number of rotatable bonds is 7. The average Bonchev–Trinajstić information content (AvgIpc) is 3.03. The van der Waals surface area contributed by atoms with Gasteiger partial charge in [0, 0.05) is 19.8 Å². The molecule has 0 aromatic carbocycles. The summed E-state index contributed by atoms with van der Waals surface area (Å²) in [6.45, 7) is 11.0. The zero-order chi connectivity index (χ0) is 11.5. The van der Waals surface area contributed by atoms with Gasteiger partial charge >= 0.3 is 9.53 Å². The molecule has 1 unspecified atom stereocenters. The molecule has 15 heavy (non-hydrogen) atoms. The molecule has 4 nitrogen and oxygen atoms in total. The number of ether oxygens (including phenoxy) is 1. The van der Waals surface area contributed by atoms with Crippen molar-refractivity contribution in [3.05, 3.63) is 0 Å². The van der Waals surface area contributed by atoms with Crippen molar-refractivity contribution in [1.82, 2.24) is 0 Å². The minimum atomic E-state index is -1.73. The van der Waals surface area contributed by atoms with Crippen molar-refractivity contribution in [2.75, 3.05) is 26.4 Å². The van der Waals surface area contributed by atoms with Crippen LogP contribution >= 0.6 is 0 Å². The summed E-state index contributed by atoms with van der Waals surface area (Å²) >= 11 is 0. The van der Waals surface area contributed by atoms with E-state index in [2.05, 4.69) is 6.92 Å². The van der Waals surface area contributed by atoms with Crippen molar-refractivity contribution in [3.8, 4) is 0 Å². The van der Waals surface area contributed by atoms with Crippen LogP contribution in [0.15, 0.2) is 0 Å². The summed E-state index contributed by atoms with van der Waals surface area (Å²) < 4.78 is 20.5. The van der Waals surface area contributed by atoms with Gasteiger partial charge in [0.1, 0.15) is 0 Å². The van der Waals surface area contributed by atoms with Crippen LogP contribution < -0.4 is 0 Å². The molecular formula is C10H24O4Si. The third-order valence-electron chi connectivity index (χ3n) is 1.77. The van der Waals surface area contributed by atoms with Crippen LogP contribution in [-0.2, 0) is 18.0 Å². The quantitative estimate of drug-likeness (QED) is 0.497. The molecule has 1 aliphatic rings. The van der Waals surface area contributed by atoms with Crippen molar-refractivity contribution < 1.29 is 18.0 Å². The standard InChI is InChI=1S/C6H16O3Si.C4H8O/c1-4-7-10(8-5-2)9-6-3;1-2-4-3-5-4/h10H,4-6H2,1-3H3;4H,2-3H2,1H3. The van der Waals surface area contributed by atoms with E-state index in [1.54, 1.807) is 0 Å². The molecule has 1 rings (SSSR count). The first-order valence-corrected chi connectivity index (χ1v) is 7.16. The van der Waals surface area contributed by atoms with Crippen molar-refractivity contribution in [2.24, 2.45) is 0 Å². The topological polar surface area (TPSA) is 40.2 Å². The van der Waals surface area contributed by atoms with Crippen LogP contribution in [0, 0.1) is 0 Å². The highest BCUT2D eigenvalue weighted by Crippen LogP contribution is 2.10. The SMILES string of the molecule is CCC1CO1.CCO[SiH](OCC)OCC. The van der Waals surface area contributed by atoms with Crippen molar-refractivity contribution in [3.63, 3.8) is 0 Å². The molecule has 0 aromatic heterocycles. The summed E-state index contributed by atoms with van der Waals surface area (Å²) in [7, 11) is -1.73. The highest BCUT2D eigenvalue weighted by Gasteiger charge is 2.18. The van der Waals surface area contributed by atoms with E-state index in [1.165, 1.54) is 6.42 Å². The van der Waals surface area contributed by atoms with Gasteiger partial charge in [-0.2, -0.15) is 0 Å². The normalized spacial score (nSPS) is 18.6. The smallest absolute Gasteiger partial charge is 0.376 e. The van der Waals surface area contributed by atoms with E-state index in [-0.39, 0.29) is 0 Å². The predicted octanol–water partition coefficient (Wildman–Crippen LogP) is 1.61. The zero-order valence-corrected chi connectivity index (χ0v) is 11.5. The summed E-state index contributed by atoms with van der Waals surface area (Å²) in [6, 6.07) is 0. The van der Waals surface area contributed by atoms with Crippen LogP contribution in [-0.4, -0.2) is 42.1 Å². The Kier molecular flexibility index (Phi) is 10.6. The van der Waals surface area contributed by atoms with Crippen LogP contribution in [0.25, 0.3) is 0 Å². The number of hydrogen-bond acceptors (Lipinski definition) is 4. The van der Waals surface area contributed by atoms with Crippen LogP contribution in [0.5, 0.6) is 0 Å². The molecule has 5 heteroatoms. The maximum absolute atomic E-state index is 5.22. The van der Waals surface area contributed by atoms with Gasteiger partial charge in [0.2, 0.25) is 0 Å². The Morgan fingerprint density at radius 2 is 1.40 bits per heavy atom. The fourth-order valence-electron chi connectivity index (χ4n) is 0.856. The van der Waals surface area contributed by atoms with Crippen LogP contribution in [0.4, 0.5) is 0 Å².